The fraction of sp³-hybridized carbons (Fsp3) is 0.300. The number of hydrogen-bond acceptors (Lipinski definition) is 2. The zero-order chi connectivity index (χ0) is 10.6. The van der Waals surface area contributed by atoms with Crippen LogP contribution in [0.25, 0.3) is 0 Å². The first-order chi connectivity index (χ1) is 6.69. The highest BCUT2D eigenvalue weighted by atomic mass is 79.9. The van der Waals surface area contributed by atoms with Crippen LogP contribution in [0, 0.1) is 17.1 Å². The molecular formula is C10H9BrFNO. The summed E-state index contributed by atoms with van der Waals surface area (Å²) in [5.74, 6) is 0.271. The number of aryl methyl sites for hydroxylation is 1. The van der Waals surface area contributed by atoms with Gasteiger partial charge in [-0.05, 0) is 40.0 Å². The highest BCUT2D eigenvalue weighted by molar-refractivity contribution is 9.10. The molecule has 4 heteroatoms. The van der Waals surface area contributed by atoms with E-state index >= 15 is 0 Å². The molecule has 1 rings (SSSR count). The second kappa shape index (κ2) is 4.97. The maximum atomic E-state index is 13.0. The van der Waals surface area contributed by atoms with E-state index in [1.165, 1.54) is 19.2 Å². The molecule has 0 amide bonds. The lowest BCUT2D eigenvalue weighted by molar-refractivity contribution is 0.405. The zero-order valence-electron chi connectivity index (χ0n) is 7.68. The van der Waals surface area contributed by atoms with Crippen molar-refractivity contribution < 1.29 is 9.13 Å². The Morgan fingerprint density at radius 1 is 1.57 bits per heavy atom. The first kappa shape index (κ1) is 11.0. The summed E-state index contributed by atoms with van der Waals surface area (Å²) in [4.78, 5) is 0. The number of nitrogens with zero attached hydrogens (tertiary/aromatic N) is 1. The van der Waals surface area contributed by atoms with Gasteiger partial charge in [0.05, 0.1) is 17.7 Å². The molecule has 74 valence electrons. The van der Waals surface area contributed by atoms with Crippen LogP contribution in [-0.2, 0) is 6.42 Å². The third-order valence-electron chi connectivity index (χ3n) is 1.80. The van der Waals surface area contributed by atoms with E-state index in [2.05, 4.69) is 15.9 Å². The zero-order valence-corrected chi connectivity index (χ0v) is 9.27. The lowest BCUT2D eigenvalue weighted by Gasteiger charge is -2.09. The molecule has 0 spiro atoms. The molecule has 1 aromatic rings. The van der Waals surface area contributed by atoms with Gasteiger partial charge in [-0.25, -0.2) is 4.39 Å². The van der Waals surface area contributed by atoms with Gasteiger partial charge in [0, 0.05) is 6.42 Å². The van der Waals surface area contributed by atoms with Crippen molar-refractivity contribution in [3.8, 4) is 11.8 Å². The van der Waals surface area contributed by atoms with Crippen LogP contribution in [0.2, 0.25) is 0 Å². The topological polar surface area (TPSA) is 33.0 Å². The van der Waals surface area contributed by atoms with Gasteiger partial charge in [0.25, 0.3) is 0 Å². The van der Waals surface area contributed by atoms with Crippen LogP contribution in [0.3, 0.4) is 0 Å². The van der Waals surface area contributed by atoms with Crippen LogP contribution in [-0.4, -0.2) is 7.11 Å². The van der Waals surface area contributed by atoms with Gasteiger partial charge < -0.3 is 4.74 Å². The monoisotopic (exact) mass is 257 g/mol. The molecule has 0 aromatic heterocycles. The van der Waals surface area contributed by atoms with Gasteiger partial charge in [-0.2, -0.15) is 5.26 Å². The number of halogens is 2. The fourth-order valence-electron chi connectivity index (χ4n) is 1.22. The lowest BCUT2D eigenvalue weighted by Crippen LogP contribution is -1.94. The number of nitriles is 1. The van der Waals surface area contributed by atoms with Crippen molar-refractivity contribution in [3.63, 3.8) is 0 Å². The Morgan fingerprint density at radius 2 is 2.29 bits per heavy atom. The molecule has 0 radical (unpaired) electrons. The Bertz CT molecular complexity index is 373. The Labute approximate surface area is 90.4 Å². The summed E-state index contributed by atoms with van der Waals surface area (Å²) < 4.78 is 18.7. The van der Waals surface area contributed by atoms with E-state index in [9.17, 15) is 4.39 Å². The number of benzene rings is 1. The number of ether oxygens (including phenoxy) is 1. The van der Waals surface area contributed by atoms with Crippen LogP contribution < -0.4 is 4.74 Å². The van der Waals surface area contributed by atoms with Gasteiger partial charge in [-0.3, -0.25) is 0 Å². The van der Waals surface area contributed by atoms with E-state index < -0.39 is 0 Å². The fourth-order valence-corrected chi connectivity index (χ4v) is 1.85. The molecule has 0 fully saturated rings. The van der Waals surface area contributed by atoms with Crippen molar-refractivity contribution in [1.29, 1.82) is 5.26 Å². The minimum atomic E-state index is -0.328. The van der Waals surface area contributed by atoms with E-state index in [1.807, 2.05) is 6.07 Å². The molecule has 0 N–H and O–H groups in total. The van der Waals surface area contributed by atoms with E-state index in [4.69, 9.17) is 10.00 Å². The van der Waals surface area contributed by atoms with Crippen LogP contribution in [0.15, 0.2) is 16.6 Å². The molecule has 0 saturated heterocycles. The number of hydrogen-bond donors (Lipinski definition) is 0. The van der Waals surface area contributed by atoms with Gasteiger partial charge in [-0.1, -0.05) is 0 Å². The van der Waals surface area contributed by atoms with Gasteiger partial charge >= 0.3 is 0 Å². The van der Waals surface area contributed by atoms with Crippen molar-refractivity contribution in [2.45, 2.75) is 12.8 Å². The first-order valence-corrected chi connectivity index (χ1v) is 4.87. The van der Waals surface area contributed by atoms with Crippen LogP contribution in [0.4, 0.5) is 4.39 Å². The molecule has 0 bridgehead atoms. The maximum Gasteiger partial charge on any atom is 0.136 e. The molecule has 0 heterocycles. The average molecular weight is 258 g/mol. The Balaban J connectivity index is 3.06. The van der Waals surface area contributed by atoms with Crippen LogP contribution >= 0.6 is 15.9 Å². The maximum absolute atomic E-state index is 13.0. The SMILES string of the molecule is COc1c(Br)cc(F)cc1CCC#N. The number of methoxy groups -OCH3 is 1. The van der Waals surface area contributed by atoms with E-state index in [-0.39, 0.29) is 5.82 Å². The summed E-state index contributed by atoms with van der Waals surface area (Å²) in [5.41, 5.74) is 0.709. The van der Waals surface area contributed by atoms with Crippen LogP contribution in [0.1, 0.15) is 12.0 Å². The van der Waals surface area contributed by atoms with E-state index in [0.29, 0.717) is 28.6 Å². The van der Waals surface area contributed by atoms with Crippen molar-refractivity contribution in [1.82, 2.24) is 0 Å². The predicted octanol–water partition coefficient (Wildman–Crippen LogP) is 3.05. The Kier molecular flexibility index (Phi) is 3.90. The molecule has 0 aliphatic carbocycles. The lowest BCUT2D eigenvalue weighted by atomic mass is 10.1. The Morgan fingerprint density at radius 3 is 2.86 bits per heavy atom. The summed E-state index contributed by atoms with van der Waals surface area (Å²) in [5, 5.41) is 8.43. The average Bonchev–Trinajstić information content (AvgIpc) is 2.14. The van der Waals surface area contributed by atoms with Crippen molar-refractivity contribution in [3.05, 3.63) is 28.0 Å². The molecular weight excluding hydrogens is 249 g/mol. The quantitative estimate of drug-likeness (QED) is 0.834. The molecule has 0 saturated carbocycles. The highest BCUT2D eigenvalue weighted by Crippen LogP contribution is 2.30. The molecule has 0 aliphatic heterocycles. The molecule has 0 aliphatic rings. The largest absolute Gasteiger partial charge is 0.495 e. The van der Waals surface area contributed by atoms with Gasteiger partial charge in [0.15, 0.2) is 0 Å². The standard InChI is InChI=1S/C10H9BrFNO/c1-14-10-7(3-2-4-13)5-8(12)6-9(10)11/h5-6H,2-3H2,1H3. The van der Waals surface area contributed by atoms with Crippen molar-refractivity contribution in [2.75, 3.05) is 7.11 Å². The second-order valence-electron chi connectivity index (χ2n) is 2.74. The smallest absolute Gasteiger partial charge is 0.136 e. The minimum Gasteiger partial charge on any atom is -0.495 e. The summed E-state index contributed by atoms with van der Waals surface area (Å²) in [6.45, 7) is 0. The molecule has 0 unspecified atom stereocenters. The van der Waals surface area contributed by atoms with Crippen LogP contribution in [0.5, 0.6) is 5.75 Å². The summed E-state index contributed by atoms with van der Waals surface area (Å²) in [6.07, 6.45) is 0.849. The number of rotatable bonds is 3. The summed E-state index contributed by atoms with van der Waals surface area (Å²) in [6, 6.07) is 4.74. The highest BCUT2D eigenvalue weighted by Gasteiger charge is 2.09. The normalized spacial score (nSPS) is 9.57. The van der Waals surface area contributed by atoms with Gasteiger partial charge in [-0.15, -0.1) is 0 Å². The molecule has 0 atom stereocenters. The third-order valence-corrected chi connectivity index (χ3v) is 2.38. The van der Waals surface area contributed by atoms with Gasteiger partial charge in [0.2, 0.25) is 0 Å². The van der Waals surface area contributed by atoms with E-state index in [1.54, 1.807) is 0 Å². The molecule has 1 aromatic carbocycles. The first-order valence-electron chi connectivity index (χ1n) is 4.08. The van der Waals surface area contributed by atoms with Gasteiger partial charge in [0.1, 0.15) is 11.6 Å². The second-order valence-corrected chi connectivity index (χ2v) is 3.59. The van der Waals surface area contributed by atoms with Crippen molar-refractivity contribution >= 4 is 15.9 Å². The summed E-state index contributed by atoms with van der Waals surface area (Å²) in [7, 11) is 1.52. The molecule has 2 nitrogen and oxygen atoms in total. The van der Waals surface area contributed by atoms with E-state index in [0.717, 1.165) is 0 Å². The summed E-state index contributed by atoms with van der Waals surface area (Å²) >= 11 is 3.20. The minimum absolute atomic E-state index is 0.328. The Hall–Kier alpha value is -1.08. The third kappa shape index (κ3) is 2.46. The molecule has 14 heavy (non-hydrogen) atoms. The predicted molar refractivity (Wildman–Crippen MR) is 54.6 cm³/mol. The van der Waals surface area contributed by atoms with Crippen molar-refractivity contribution in [2.24, 2.45) is 0 Å².